The number of carbonyl (C=O) groups excluding carboxylic acids is 2. The molecule has 2 amide bonds. The molecule has 0 aliphatic rings. The summed E-state index contributed by atoms with van der Waals surface area (Å²) in [6.45, 7) is 5.61. The Balaban J connectivity index is 2.22. The van der Waals surface area contributed by atoms with E-state index in [-0.39, 0.29) is 36.8 Å². The molecule has 0 aliphatic carbocycles. The highest BCUT2D eigenvalue weighted by Gasteiger charge is 2.29. The monoisotopic (exact) mass is 512 g/mol. The first-order chi connectivity index (χ1) is 14.7. The Hall–Kier alpha value is -2.12. The summed E-state index contributed by atoms with van der Waals surface area (Å²) in [5, 5.41) is 3.31. The van der Waals surface area contributed by atoms with Crippen molar-refractivity contribution in [3.05, 3.63) is 63.3 Å². The van der Waals surface area contributed by atoms with Gasteiger partial charge in [0.05, 0.1) is 5.02 Å². The molecule has 2 atom stereocenters. The van der Waals surface area contributed by atoms with Crippen molar-refractivity contribution < 1.29 is 18.7 Å². The Morgan fingerprint density at radius 1 is 1.16 bits per heavy atom. The number of benzene rings is 2. The molecule has 31 heavy (non-hydrogen) atoms. The Morgan fingerprint density at radius 2 is 1.84 bits per heavy atom. The van der Waals surface area contributed by atoms with Gasteiger partial charge in [-0.2, -0.15) is 0 Å². The second kappa shape index (κ2) is 12.1. The van der Waals surface area contributed by atoms with Crippen LogP contribution >= 0.6 is 27.5 Å². The number of hydrogen-bond acceptors (Lipinski definition) is 3. The Kier molecular flexibility index (Phi) is 9.78. The van der Waals surface area contributed by atoms with Gasteiger partial charge in [0, 0.05) is 17.1 Å². The fraction of sp³-hybridized carbons (Fsp3) is 0.391. The van der Waals surface area contributed by atoms with Crippen LogP contribution in [0.3, 0.4) is 0 Å². The summed E-state index contributed by atoms with van der Waals surface area (Å²) in [5.74, 6) is -0.586. The molecule has 2 aromatic carbocycles. The van der Waals surface area contributed by atoms with Crippen LogP contribution in [0.5, 0.6) is 5.75 Å². The number of rotatable bonds is 10. The van der Waals surface area contributed by atoms with Crippen molar-refractivity contribution in [1.29, 1.82) is 0 Å². The van der Waals surface area contributed by atoms with Crippen LogP contribution in [-0.2, 0) is 16.1 Å². The zero-order valence-electron chi connectivity index (χ0n) is 17.8. The van der Waals surface area contributed by atoms with E-state index in [9.17, 15) is 14.0 Å². The molecule has 0 aromatic heterocycles. The minimum Gasteiger partial charge on any atom is -0.482 e. The fourth-order valence-electron chi connectivity index (χ4n) is 2.96. The lowest BCUT2D eigenvalue weighted by atomic mass is 10.1. The van der Waals surface area contributed by atoms with Crippen LogP contribution in [0.1, 0.15) is 39.2 Å². The summed E-state index contributed by atoms with van der Waals surface area (Å²) >= 11 is 9.50. The van der Waals surface area contributed by atoms with Gasteiger partial charge in [0.1, 0.15) is 17.6 Å². The second-order valence-corrected chi connectivity index (χ2v) is 8.58. The first-order valence-electron chi connectivity index (χ1n) is 10.2. The van der Waals surface area contributed by atoms with E-state index < -0.39 is 6.04 Å². The number of carbonyl (C=O) groups is 2. The summed E-state index contributed by atoms with van der Waals surface area (Å²) in [6.07, 6.45) is 1.20. The third-order valence-corrected chi connectivity index (χ3v) is 5.69. The lowest BCUT2D eigenvalue weighted by Crippen LogP contribution is -2.51. The number of halogens is 3. The highest BCUT2D eigenvalue weighted by Crippen LogP contribution is 2.28. The predicted molar refractivity (Wildman–Crippen MR) is 124 cm³/mol. The standard InChI is InChI=1S/C23H27BrClFN2O3/c1-4-15(3)27-23(30)20(5-2)28(13-16-6-9-18(26)10-7-16)22(29)14-31-21-11-8-17(24)12-19(21)25/h6-12,15,20H,4-5,13-14H2,1-3H3,(H,27,30)/t15-,20+/m0/s1. The van der Waals surface area contributed by atoms with Crippen LogP contribution in [0.2, 0.25) is 5.02 Å². The van der Waals surface area contributed by atoms with Crippen LogP contribution in [-0.4, -0.2) is 35.4 Å². The molecule has 0 saturated heterocycles. The van der Waals surface area contributed by atoms with Gasteiger partial charge in [0.15, 0.2) is 6.61 Å². The molecule has 0 aliphatic heterocycles. The van der Waals surface area contributed by atoms with Crippen LogP contribution in [0.25, 0.3) is 0 Å². The van der Waals surface area contributed by atoms with E-state index in [1.54, 1.807) is 30.3 Å². The van der Waals surface area contributed by atoms with E-state index in [1.807, 2.05) is 20.8 Å². The molecule has 168 valence electrons. The number of hydrogen-bond donors (Lipinski definition) is 1. The molecular weight excluding hydrogens is 487 g/mol. The van der Waals surface area contributed by atoms with Gasteiger partial charge in [-0.3, -0.25) is 9.59 Å². The van der Waals surface area contributed by atoms with Crippen molar-refractivity contribution in [2.24, 2.45) is 0 Å². The first-order valence-corrected chi connectivity index (χ1v) is 11.3. The summed E-state index contributed by atoms with van der Waals surface area (Å²) in [7, 11) is 0. The molecule has 0 unspecified atom stereocenters. The SMILES string of the molecule is CC[C@H](C(=O)N[C@@H](C)CC)N(Cc1ccc(F)cc1)C(=O)COc1ccc(Br)cc1Cl. The first kappa shape index (κ1) is 25.1. The lowest BCUT2D eigenvalue weighted by molar-refractivity contribution is -0.143. The van der Waals surface area contributed by atoms with Crippen LogP contribution in [0, 0.1) is 5.82 Å². The maximum Gasteiger partial charge on any atom is 0.261 e. The van der Waals surface area contributed by atoms with E-state index >= 15 is 0 Å². The minimum absolute atomic E-state index is 0.0119. The maximum absolute atomic E-state index is 13.3. The van der Waals surface area contributed by atoms with E-state index in [1.165, 1.54) is 17.0 Å². The third kappa shape index (κ3) is 7.51. The van der Waals surface area contributed by atoms with E-state index in [0.29, 0.717) is 22.8 Å². The van der Waals surface area contributed by atoms with Gasteiger partial charge in [-0.15, -0.1) is 0 Å². The number of nitrogens with zero attached hydrogens (tertiary/aromatic N) is 1. The average Bonchev–Trinajstić information content (AvgIpc) is 2.74. The van der Waals surface area contributed by atoms with Crippen molar-refractivity contribution >= 4 is 39.3 Å². The van der Waals surface area contributed by atoms with E-state index in [4.69, 9.17) is 16.3 Å². The topological polar surface area (TPSA) is 58.6 Å². The van der Waals surface area contributed by atoms with Gasteiger partial charge in [-0.25, -0.2) is 4.39 Å². The molecule has 2 aromatic rings. The fourth-order valence-corrected chi connectivity index (χ4v) is 3.69. The van der Waals surface area contributed by atoms with Crippen molar-refractivity contribution in [3.63, 3.8) is 0 Å². The number of nitrogens with one attached hydrogen (secondary N) is 1. The molecular formula is C23H27BrClFN2O3. The van der Waals surface area contributed by atoms with Crippen LogP contribution in [0.15, 0.2) is 46.9 Å². The minimum atomic E-state index is -0.685. The van der Waals surface area contributed by atoms with Gasteiger partial charge in [-0.1, -0.05) is 53.5 Å². The van der Waals surface area contributed by atoms with Crippen LogP contribution in [0.4, 0.5) is 4.39 Å². The number of ether oxygens (including phenoxy) is 1. The van der Waals surface area contributed by atoms with Gasteiger partial charge in [0.25, 0.3) is 5.91 Å². The van der Waals surface area contributed by atoms with E-state index in [2.05, 4.69) is 21.2 Å². The van der Waals surface area contributed by atoms with Gasteiger partial charge < -0.3 is 15.0 Å². The molecule has 2 rings (SSSR count). The zero-order chi connectivity index (χ0) is 23.0. The predicted octanol–water partition coefficient (Wildman–Crippen LogP) is 5.34. The highest BCUT2D eigenvalue weighted by molar-refractivity contribution is 9.10. The molecule has 5 nitrogen and oxygen atoms in total. The van der Waals surface area contributed by atoms with Crippen LogP contribution < -0.4 is 10.1 Å². The summed E-state index contributed by atoms with van der Waals surface area (Å²) < 4.78 is 19.7. The molecule has 0 saturated carbocycles. The zero-order valence-corrected chi connectivity index (χ0v) is 20.2. The molecule has 0 fully saturated rings. The Bertz CT molecular complexity index is 895. The smallest absolute Gasteiger partial charge is 0.261 e. The van der Waals surface area contributed by atoms with Gasteiger partial charge in [0.2, 0.25) is 5.91 Å². The molecule has 0 bridgehead atoms. The van der Waals surface area contributed by atoms with Crippen molar-refractivity contribution in [3.8, 4) is 5.75 Å². The molecule has 8 heteroatoms. The Labute approximate surface area is 196 Å². The number of amides is 2. The van der Waals surface area contributed by atoms with Crippen molar-refractivity contribution in [2.75, 3.05) is 6.61 Å². The molecule has 0 heterocycles. The lowest BCUT2D eigenvalue weighted by Gasteiger charge is -2.31. The Morgan fingerprint density at radius 3 is 2.42 bits per heavy atom. The molecule has 0 spiro atoms. The van der Waals surface area contributed by atoms with Crippen molar-refractivity contribution in [1.82, 2.24) is 10.2 Å². The van der Waals surface area contributed by atoms with Gasteiger partial charge >= 0.3 is 0 Å². The third-order valence-electron chi connectivity index (χ3n) is 4.90. The quantitative estimate of drug-likeness (QED) is 0.466. The second-order valence-electron chi connectivity index (χ2n) is 7.25. The molecule has 1 N–H and O–H groups in total. The highest BCUT2D eigenvalue weighted by atomic mass is 79.9. The van der Waals surface area contributed by atoms with E-state index in [0.717, 1.165) is 10.9 Å². The average molecular weight is 514 g/mol. The molecule has 0 radical (unpaired) electrons. The summed E-state index contributed by atoms with van der Waals surface area (Å²) in [6, 6.07) is 10.3. The largest absolute Gasteiger partial charge is 0.482 e. The van der Waals surface area contributed by atoms with Crippen molar-refractivity contribution in [2.45, 2.75) is 52.2 Å². The van der Waals surface area contributed by atoms with Gasteiger partial charge in [-0.05, 0) is 55.7 Å². The summed E-state index contributed by atoms with van der Waals surface area (Å²) in [5.41, 5.74) is 0.714. The normalized spacial score (nSPS) is 12.7. The maximum atomic E-state index is 13.3. The summed E-state index contributed by atoms with van der Waals surface area (Å²) in [4.78, 5) is 27.5.